The van der Waals surface area contributed by atoms with Crippen molar-refractivity contribution < 1.29 is 13.2 Å². The van der Waals surface area contributed by atoms with E-state index >= 15 is 0 Å². The van der Waals surface area contributed by atoms with Gasteiger partial charge in [0.2, 0.25) is 0 Å². The van der Waals surface area contributed by atoms with Gasteiger partial charge < -0.3 is 4.74 Å². The molecule has 0 aromatic rings. The fourth-order valence-electron chi connectivity index (χ4n) is 2.75. The number of hydrogen-bond donors (Lipinski definition) is 2. The molecular formula is C12H26N2O3S. The van der Waals surface area contributed by atoms with Gasteiger partial charge in [0.15, 0.2) is 0 Å². The van der Waals surface area contributed by atoms with Crippen LogP contribution in [0.15, 0.2) is 0 Å². The summed E-state index contributed by atoms with van der Waals surface area (Å²) in [6, 6.07) is 0.154. The van der Waals surface area contributed by atoms with Crippen molar-refractivity contribution in [1.29, 1.82) is 0 Å². The highest BCUT2D eigenvalue weighted by atomic mass is 32.2. The quantitative estimate of drug-likeness (QED) is 0.410. The van der Waals surface area contributed by atoms with Crippen LogP contribution < -0.4 is 11.3 Å². The summed E-state index contributed by atoms with van der Waals surface area (Å²) >= 11 is 0. The molecule has 0 aromatic heterocycles. The minimum absolute atomic E-state index is 0.154. The summed E-state index contributed by atoms with van der Waals surface area (Å²) < 4.78 is 28.6. The van der Waals surface area contributed by atoms with Gasteiger partial charge in [-0.25, -0.2) is 8.42 Å². The fourth-order valence-corrected chi connectivity index (χ4v) is 3.94. The Bertz CT molecular complexity index is 332. The first-order valence-corrected chi connectivity index (χ1v) is 8.67. The Kier molecular flexibility index (Phi) is 6.55. The number of hydrogen-bond acceptors (Lipinski definition) is 5. The molecule has 0 radical (unpaired) electrons. The maximum Gasteiger partial charge on any atom is 0.150 e. The first kappa shape index (κ1) is 15.9. The van der Waals surface area contributed by atoms with Crippen LogP contribution in [0.5, 0.6) is 0 Å². The summed E-state index contributed by atoms with van der Waals surface area (Å²) in [5, 5.41) is -0.195. The summed E-state index contributed by atoms with van der Waals surface area (Å²) in [4.78, 5) is 0. The van der Waals surface area contributed by atoms with Gasteiger partial charge in [0.1, 0.15) is 9.84 Å². The first-order chi connectivity index (χ1) is 8.49. The topological polar surface area (TPSA) is 81.4 Å². The molecule has 1 saturated carbocycles. The lowest BCUT2D eigenvalue weighted by atomic mass is 9.82. The van der Waals surface area contributed by atoms with E-state index in [1.54, 1.807) is 0 Å². The fraction of sp³-hybridized carbons (Fsp3) is 1.00. The third kappa shape index (κ3) is 4.84. The number of hydrazine groups is 1. The number of nitrogens with two attached hydrogens (primary N) is 1. The lowest BCUT2D eigenvalue weighted by molar-refractivity contribution is 0.123. The second-order valence-corrected chi connectivity index (χ2v) is 7.46. The lowest BCUT2D eigenvalue weighted by Crippen LogP contribution is -2.44. The minimum atomic E-state index is -2.93. The third-order valence-corrected chi connectivity index (χ3v) is 5.47. The van der Waals surface area contributed by atoms with E-state index in [0.29, 0.717) is 19.1 Å². The molecule has 0 aromatic carbocycles. The molecule has 3 unspecified atom stereocenters. The van der Waals surface area contributed by atoms with Gasteiger partial charge in [0.25, 0.3) is 0 Å². The Morgan fingerprint density at radius 1 is 1.44 bits per heavy atom. The van der Waals surface area contributed by atoms with Crippen LogP contribution in [0.25, 0.3) is 0 Å². The van der Waals surface area contributed by atoms with Crippen LogP contribution in [-0.2, 0) is 14.6 Å². The molecule has 0 bridgehead atoms. The van der Waals surface area contributed by atoms with Crippen molar-refractivity contribution in [1.82, 2.24) is 5.43 Å². The summed E-state index contributed by atoms with van der Waals surface area (Å²) in [6.07, 6.45) is 5.71. The summed E-state index contributed by atoms with van der Waals surface area (Å²) in [5.74, 6) is 5.92. The van der Waals surface area contributed by atoms with Crippen LogP contribution in [0.2, 0.25) is 0 Å². The molecule has 0 heterocycles. The van der Waals surface area contributed by atoms with Crippen LogP contribution in [0.1, 0.15) is 39.0 Å². The predicted octanol–water partition coefficient (Wildman–Crippen LogP) is 0.848. The molecule has 0 saturated heterocycles. The van der Waals surface area contributed by atoms with E-state index in [1.807, 2.05) is 6.92 Å². The highest BCUT2D eigenvalue weighted by Gasteiger charge is 2.32. The average molecular weight is 278 g/mol. The van der Waals surface area contributed by atoms with E-state index in [0.717, 1.165) is 32.1 Å². The molecule has 0 spiro atoms. The van der Waals surface area contributed by atoms with Crippen LogP contribution in [-0.4, -0.2) is 39.2 Å². The van der Waals surface area contributed by atoms with Crippen LogP contribution in [0, 0.1) is 5.92 Å². The highest BCUT2D eigenvalue weighted by Crippen LogP contribution is 2.31. The predicted molar refractivity (Wildman–Crippen MR) is 72.8 cm³/mol. The molecular weight excluding hydrogens is 252 g/mol. The van der Waals surface area contributed by atoms with Gasteiger partial charge in [-0.05, 0) is 38.5 Å². The van der Waals surface area contributed by atoms with Crippen molar-refractivity contribution in [3.8, 4) is 0 Å². The van der Waals surface area contributed by atoms with Crippen molar-refractivity contribution in [2.24, 2.45) is 11.8 Å². The number of rotatable bonds is 7. The second kappa shape index (κ2) is 7.43. The molecule has 0 aliphatic heterocycles. The van der Waals surface area contributed by atoms with Gasteiger partial charge >= 0.3 is 0 Å². The highest BCUT2D eigenvalue weighted by molar-refractivity contribution is 7.91. The molecule has 108 valence electrons. The van der Waals surface area contributed by atoms with Gasteiger partial charge in [-0.15, -0.1) is 0 Å². The molecule has 5 nitrogen and oxygen atoms in total. The first-order valence-electron chi connectivity index (χ1n) is 6.71. The van der Waals surface area contributed by atoms with E-state index in [1.165, 1.54) is 6.26 Å². The average Bonchev–Trinajstić information content (AvgIpc) is 2.34. The zero-order valence-corrected chi connectivity index (χ0v) is 12.2. The van der Waals surface area contributed by atoms with Gasteiger partial charge in [0, 0.05) is 25.5 Å². The maximum absolute atomic E-state index is 11.6. The molecule has 6 heteroatoms. The van der Waals surface area contributed by atoms with Crippen molar-refractivity contribution in [2.45, 2.75) is 50.3 Å². The van der Waals surface area contributed by atoms with E-state index in [-0.39, 0.29) is 11.3 Å². The summed E-state index contributed by atoms with van der Waals surface area (Å²) in [5.41, 5.74) is 2.83. The monoisotopic (exact) mass is 278 g/mol. The summed E-state index contributed by atoms with van der Waals surface area (Å²) in [6.45, 7) is 3.34. The van der Waals surface area contributed by atoms with Gasteiger partial charge in [0.05, 0.1) is 5.25 Å². The van der Waals surface area contributed by atoms with Gasteiger partial charge in [-0.1, -0.05) is 6.42 Å². The van der Waals surface area contributed by atoms with Crippen molar-refractivity contribution in [3.05, 3.63) is 0 Å². The van der Waals surface area contributed by atoms with E-state index in [4.69, 9.17) is 10.6 Å². The standard InChI is InChI=1S/C12H26N2O3S/c1-3-17-8-7-12(14-13)10-5-4-6-11(9-10)18(2,15)16/h10-12,14H,3-9,13H2,1-2H3. The molecule has 3 N–H and O–H groups in total. The minimum Gasteiger partial charge on any atom is -0.382 e. The van der Waals surface area contributed by atoms with Crippen molar-refractivity contribution >= 4 is 9.84 Å². The van der Waals surface area contributed by atoms with E-state index in [2.05, 4.69) is 5.43 Å². The second-order valence-electron chi connectivity index (χ2n) is 5.14. The molecule has 1 rings (SSSR count). The zero-order chi connectivity index (χ0) is 13.6. The number of nitrogens with one attached hydrogen (secondary N) is 1. The molecule has 18 heavy (non-hydrogen) atoms. The van der Waals surface area contributed by atoms with Gasteiger partial charge in [-0.2, -0.15) is 0 Å². The van der Waals surface area contributed by atoms with Crippen molar-refractivity contribution in [3.63, 3.8) is 0 Å². The normalized spacial score (nSPS) is 27.1. The molecule has 1 aliphatic carbocycles. The molecule has 1 aliphatic rings. The number of ether oxygens (including phenoxy) is 1. The largest absolute Gasteiger partial charge is 0.382 e. The van der Waals surface area contributed by atoms with Crippen LogP contribution in [0.4, 0.5) is 0 Å². The van der Waals surface area contributed by atoms with Gasteiger partial charge in [-0.3, -0.25) is 11.3 Å². The van der Waals surface area contributed by atoms with Crippen molar-refractivity contribution in [2.75, 3.05) is 19.5 Å². The van der Waals surface area contributed by atoms with E-state index in [9.17, 15) is 8.42 Å². The Labute approximate surface area is 110 Å². The Morgan fingerprint density at radius 2 is 2.17 bits per heavy atom. The molecule has 0 amide bonds. The molecule has 3 atom stereocenters. The smallest absolute Gasteiger partial charge is 0.150 e. The number of sulfone groups is 1. The zero-order valence-electron chi connectivity index (χ0n) is 11.4. The molecule has 1 fully saturated rings. The third-order valence-electron chi connectivity index (χ3n) is 3.83. The van der Waals surface area contributed by atoms with Crippen LogP contribution >= 0.6 is 0 Å². The maximum atomic E-state index is 11.6. The Balaban J connectivity index is 2.52. The van der Waals surface area contributed by atoms with Crippen LogP contribution in [0.3, 0.4) is 0 Å². The summed E-state index contributed by atoms with van der Waals surface area (Å²) in [7, 11) is -2.93. The lowest BCUT2D eigenvalue weighted by Gasteiger charge is -2.33. The van der Waals surface area contributed by atoms with E-state index < -0.39 is 9.84 Å². The SMILES string of the molecule is CCOCCC(NN)C1CCCC(S(C)(=O)=O)C1. The Morgan fingerprint density at radius 3 is 2.72 bits per heavy atom. The Hall–Kier alpha value is -0.170.